The predicted octanol–water partition coefficient (Wildman–Crippen LogP) is 4.49. The Bertz CT molecular complexity index is 1110. The molecule has 0 radical (unpaired) electrons. The van der Waals surface area contributed by atoms with Gasteiger partial charge in [-0.15, -0.1) is 11.3 Å². The standard InChI is InChI=1S/C24H27N5OS/c1-4-16-11-25-24(26-12-16)27-13-19-9-18-10-20(18)29(19)23(30)21-22(31-15(3)28-21)17-7-5-6-14(2)8-17/h5-8,11-12,18-20H,4,9-10,13H2,1-3H3,(H,25,26,27)/t18?,19-,20?/m0/s1. The van der Waals surface area contributed by atoms with E-state index in [9.17, 15) is 4.79 Å². The minimum Gasteiger partial charge on any atom is -0.352 e. The molecule has 0 spiro atoms. The highest BCUT2D eigenvalue weighted by Gasteiger charge is 2.54. The van der Waals surface area contributed by atoms with Crippen molar-refractivity contribution < 1.29 is 4.79 Å². The zero-order valence-electron chi connectivity index (χ0n) is 18.1. The van der Waals surface area contributed by atoms with Crippen LogP contribution in [0, 0.1) is 19.8 Å². The molecule has 3 aromatic rings. The summed E-state index contributed by atoms with van der Waals surface area (Å²) in [5, 5.41) is 4.26. The number of benzene rings is 1. The van der Waals surface area contributed by atoms with E-state index in [0.29, 0.717) is 30.1 Å². The average Bonchev–Trinajstić information content (AvgIpc) is 3.26. The van der Waals surface area contributed by atoms with Gasteiger partial charge in [0.1, 0.15) is 5.69 Å². The maximum atomic E-state index is 13.7. The van der Waals surface area contributed by atoms with E-state index in [0.717, 1.165) is 40.3 Å². The molecule has 1 saturated carbocycles. The van der Waals surface area contributed by atoms with Crippen LogP contribution >= 0.6 is 11.3 Å². The molecule has 5 rings (SSSR count). The van der Waals surface area contributed by atoms with Crippen LogP contribution < -0.4 is 5.32 Å². The van der Waals surface area contributed by atoms with Crippen molar-refractivity contribution >= 4 is 23.2 Å². The first-order valence-electron chi connectivity index (χ1n) is 11.0. The van der Waals surface area contributed by atoms with Crippen LogP contribution in [0.3, 0.4) is 0 Å². The van der Waals surface area contributed by atoms with Gasteiger partial charge < -0.3 is 10.2 Å². The molecule has 1 N–H and O–H groups in total. The topological polar surface area (TPSA) is 71.0 Å². The van der Waals surface area contributed by atoms with Gasteiger partial charge in [-0.25, -0.2) is 15.0 Å². The Kier molecular flexibility index (Phi) is 5.22. The molecule has 1 aliphatic carbocycles. The molecule has 0 bridgehead atoms. The Morgan fingerprint density at radius 1 is 1.23 bits per heavy atom. The van der Waals surface area contributed by atoms with Crippen molar-refractivity contribution in [2.75, 3.05) is 11.9 Å². The van der Waals surface area contributed by atoms with E-state index in [1.165, 1.54) is 5.56 Å². The average molecular weight is 434 g/mol. The summed E-state index contributed by atoms with van der Waals surface area (Å²) in [6, 6.07) is 8.79. The molecule has 1 aromatic carbocycles. The minimum absolute atomic E-state index is 0.0555. The van der Waals surface area contributed by atoms with Crippen molar-refractivity contribution in [3.05, 3.63) is 58.5 Å². The monoisotopic (exact) mass is 433 g/mol. The molecule has 1 amide bonds. The van der Waals surface area contributed by atoms with Crippen LogP contribution in [0.15, 0.2) is 36.7 Å². The lowest BCUT2D eigenvalue weighted by molar-refractivity contribution is 0.0704. The van der Waals surface area contributed by atoms with Crippen molar-refractivity contribution in [2.45, 2.75) is 52.1 Å². The molecule has 2 unspecified atom stereocenters. The predicted molar refractivity (Wildman–Crippen MR) is 123 cm³/mol. The Morgan fingerprint density at radius 3 is 2.77 bits per heavy atom. The smallest absolute Gasteiger partial charge is 0.274 e. The van der Waals surface area contributed by atoms with E-state index in [2.05, 4.69) is 57.2 Å². The Labute approximate surface area is 186 Å². The molecule has 3 atom stereocenters. The van der Waals surface area contributed by atoms with Gasteiger partial charge in [-0.05, 0) is 50.2 Å². The lowest BCUT2D eigenvalue weighted by Gasteiger charge is -2.27. The second kappa shape index (κ2) is 8.04. The second-order valence-corrected chi connectivity index (χ2v) is 9.80. The third-order valence-corrected chi connectivity index (χ3v) is 7.29. The Balaban J connectivity index is 1.37. The Morgan fingerprint density at radius 2 is 2.03 bits per heavy atom. The highest BCUT2D eigenvalue weighted by molar-refractivity contribution is 7.15. The first kappa shape index (κ1) is 20.1. The van der Waals surface area contributed by atoms with Gasteiger partial charge in [0.15, 0.2) is 0 Å². The number of fused-ring (bicyclic) bond motifs is 1. The lowest BCUT2D eigenvalue weighted by atomic mass is 10.1. The largest absolute Gasteiger partial charge is 0.352 e. The summed E-state index contributed by atoms with van der Waals surface area (Å²) in [5.74, 6) is 1.29. The van der Waals surface area contributed by atoms with Crippen LogP contribution in [-0.4, -0.2) is 44.4 Å². The van der Waals surface area contributed by atoms with Crippen molar-refractivity contribution in [2.24, 2.45) is 5.92 Å². The number of aromatic nitrogens is 3. The molecule has 1 saturated heterocycles. The molecule has 160 valence electrons. The Hall–Kier alpha value is -2.80. The molecule has 1 aliphatic heterocycles. The number of piperidine rings is 1. The fraction of sp³-hybridized carbons (Fsp3) is 0.417. The van der Waals surface area contributed by atoms with Gasteiger partial charge in [-0.1, -0.05) is 36.8 Å². The zero-order chi connectivity index (χ0) is 21.5. The lowest BCUT2D eigenvalue weighted by Crippen LogP contribution is -2.42. The molecule has 2 fully saturated rings. The summed E-state index contributed by atoms with van der Waals surface area (Å²) >= 11 is 1.60. The van der Waals surface area contributed by atoms with Crippen molar-refractivity contribution in [3.63, 3.8) is 0 Å². The van der Waals surface area contributed by atoms with Gasteiger partial charge in [0.25, 0.3) is 5.91 Å². The highest BCUT2D eigenvalue weighted by Crippen LogP contribution is 2.49. The number of thiazole rings is 1. The number of carbonyl (C=O) groups excluding carboxylic acids is 1. The number of rotatable bonds is 6. The van der Waals surface area contributed by atoms with Crippen LogP contribution in [0.5, 0.6) is 0 Å². The number of amides is 1. The maximum Gasteiger partial charge on any atom is 0.274 e. The highest BCUT2D eigenvalue weighted by atomic mass is 32.1. The third-order valence-electron chi connectivity index (χ3n) is 6.27. The first-order chi connectivity index (χ1) is 15.0. The zero-order valence-corrected chi connectivity index (χ0v) is 18.9. The van der Waals surface area contributed by atoms with E-state index in [1.54, 1.807) is 11.3 Å². The number of nitrogens with one attached hydrogen (secondary N) is 1. The fourth-order valence-electron chi connectivity index (χ4n) is 4.57. The van der Waals surface area contributed by atoms with E-state index in [4.69, 9.17) is 0 Å². The third kappa shape index (κ3) is 3.94. The molecule has 2 aromatic heterocycles. The molecular formula is C24H27N5OS. The van der Waals surface area contributed by atoms with E-state index >= 15 is 0 Å². The maximum absolute atomic E-state index is 13.7. The van der Waals surface area contributed by atoms with Crippen molar-refractivity contribution in [3.8, 4) is 10.4 Å². The fourth-order valence-corrected chi connectivity index (χ4v) is 5.48. The number of hydrogen-bond acceptors (Lipinski definition) is 6. The SMILES string of the molecule is CCc1cnc(NC[C@@H]2CC3CC3N2C(=O)c2nc(C)sc2-c2cccc(C)c2)nc1. The second-order valence-electron chi connectivity index (χ2n) is 8.59. The summed E-state index contributed by atoms with van der Waals surface area (Å²) in [4.78, 5) is 30.2. The van der Waals surface area contributed by atoms with E-state index in [1.807, 2.05) is 25.4 Å². The van der Waals surface area contributed by atoms with Gasteiger partial charge in [0.05, 0.1) is 15.9 Å². The number of hydrogen-bond donors (Lipinski definition) is 1. The molecule has 6 nitrogen and oxygen atoms in total. The minimum atomic E-state index is 0.0555. The van der Waals surface area contributed by atoms with Gasteiger partial charge in [-0.3, -0.25) is 4.79 Å². The quantitative estimate of drug-likeness (QED) is 0.620. The van der Waals surface area contributed by atoms with Crippen LogP contribution in [0.4, 0.5) is 5.95 Å². The first-order valence-corrected chi connectivity index (χ1v) is 11.8. The number of aryl methyl sites for hydroxylation is 3. The molecule has 31 heavy (non-hydrogen) atoms. The van der Waals surface area contributed by atoms with Gasteiger partial charge in [0, 0.05) is 25.0 Å². The van der Waals surface area contributed by atoms with Crippen LogP contribution in [-0.2, 0) is 6.42 Å². The van der Waals surface area contributed by atoms with E-state index in [-0.39, 0.29) is 11.9 Å². The normalized spacial score (nSPS) is 21.8. The van der Waals surface area contributed by atoms with Gasteiger partial charge in [0.2, 0.25) is 5.95 Å². The molecule has 2 aliphatic rings. The summed E-state index contributed by atoms with van der Waals surface area (Å²) in [6.07, 6.45) is 6.77. The summed E-state index contributed by atoms with van der Waals surface area (Å²) in [7, 11) is 0. The van der Waals surface area contributed by atoms with Crippen LogP contribution in [0.2, 0.25) is 0 Å². The number of likely N-dealkylation sites (tertiary alicyclic amines) is 1. The van der Waals surface area contributed by atoms with Gasteiger partial charge >= 0.3 is 0 Å². The molecule has 7 heteroatoms. The number of nitrogens with zero attached hydrogens (tertiary/aromatic N) is 4. The molecular weight excluding hydrogens is 406 g/mol. The number of anilines is 1. The summed E-state index contributed by atoms with van der Waals surface area (Å²) in [5.41, 5.74) is 3.96. The summed E-state index contributed by atoms with van der Waals surface area (Å²) in [6.45, 7) is 6.80. The van der Waals surface area contributed by atoms with E-state index < -0.39 is 0 Å². The van der Waals surface area contributed by atoms with Crippen LogP contribution in [0.25, 0.3) is 10.4 Å². The van der Waals surface area contributed by atoms with Gasteiger partial charge in [-0.2, -0.15) is 0 Å². The van der Waals surface area contributed by atoms with Crippen molar-refractivity contribution in [1.82, 2.24) is 19.9 Å². The molecule has 3 heterocycles. The van der Waals surface area contributed by atoms with Crippen LogP contribution in [0.1, 0.15) is 46.4 Å². The van der Waals surface area contributed by atoms with Crippen molar-refractivity contribution in [1.29, 1.82) is 0 Å². The number of carbonyl (C=O) groups is 1. The summed E-state index contributed by atoms with van der Waals surface area (Å²) < 4.78 is 0.